The van der Waals surface area contributed by atoms with E-state index in [9.17, 15) is 0 Å². The van der Waals surface area contributed by atoms with E-state index in [-0.39, 0.29) is 0 Å². The summed E-state index contributed by atoms with van der Waals surface area (Å²) >= 11 is 5.71. The van der Waals surface area contributed by atoms with Crippen molar-refractivity contribution in [3.05, 3.63) is 16.4 Å². The van der Waals surface area contributed by atoms with Gasteiger partial charge in [-0.25, -0.2) is 0 Å². The van der Waals surface area contributed by atoms with E-state index in [1.54, 1.807) is 0 Å². The maximum absolute atomic E-state index is 4.51. The van der Waals surface area contributed by atoms with Crippen molar-refractivity contribution < 1.29 is 0 Å². The van der Waals surface area contributed by atoms with E-state index >= 15 is 0 Å². The summed E-state index contributed by atoms with van der Waals surface area (Å²) in [6, 6.07) is 1.19. The highest BCUT2D eigenvalue weighted by Gasteiger charge is 2.32. The van der Waals surface area contributed by atoms with Gasteiger partial charge in [0.05, 0.1) is 22.4 Å². The van der Waals surface area contributed by atoms with Crippen LogP contribution in [-0.2, 0) is 0 Å². The largest absolute Gasteiger partial charge is 0.310 e. The highest BCUT2D eigenvalue weighted by molar-refractivity contribution is 9.10. The van der Waals surface area contributed by atoms with Crippen LogP contribution >= 0.6 is 27.7 Å². The molecule has 0 saturated carbocycles. The number of aromatic nitrogens is 2. The highest BCUT2D eigenvalue weighted by Crippen LogP contribution is 2.32. The zero-order valence-corrected chi connectivity index (χ0v) is 14.5. The molecular weight excluding hydrogens is 324 g/mol. The Morgan fingerprint density at radius 2 is 2.26 bits per heavy atom. The molecule has 1 N–H and O–H groups in total. The van der Waals surface area contributed by atoms with Crippen LogP contribution in [0.2, 0.25) is 0 Å². The van der Waals surface area contributed by atoms with Crippen molar-refractivity contribution in [2.45, 2.75) is 32.0 Å². The Balaban J connectivity index is 2.33. The van der Waals surface area contributed by atoms with Gasteiger partial charge in [-0.2, -0.15) is 16.9 Å². The molecule has 4 nitrogen and oxygen atoms in total. The maximum Gasteiger partial charge on any atom is 0.0714 e. The Hall–Kier alpha value is -0.0400. The summed E-state index contributed by atoms with van der Waals surface area (Å²) in [5, 5.41) is 8.00. The topological polar surface area (TPSA) is 33.1 Å². The highest BCUT2D eigenvalue weighted by atomic mass is 79.9. The second-order valence-corrected chi connectivity index (χ2v) is 7.31. The molecule has 19 heavy (non-hydrogen) atoms. The second kappa shape index (κ2) is 6.61. The third kappa shape index (κ3) is 3.17. The summed E-state index contributed by atoms with van der Waals surface area (Å²) in [5.74, 6) is 2.39. The van der Waals surface area contributed by atoms with Gasteiger partial charge >= 0.3 is 0 Å². The Kier molecular flexibility index (Phi) is 5.34. The van der Waals surface area contributed by atoms with Crippen LogP contribution in [0, 0.1) is 0 Å². The standard InChI is InChI=1S/C13H23BrN4S/c1-9(2)18-13(10(14)7-16-18)12(15-3)11-8-19-6-5-17(11)4/h7,9,11-12,15H,5-6,8H2,1-4H3. The van der Waals surface area contributed by atoms with Crippen LogP contribution < -0.4 is 5.32 Å². The minimum atomic E-state index is 0.303. The third-order valence-corrected chi connectivity index (χ3v) is 5.37. The van der Waals surface area contributed by atoms with Crippen molar-refractivity contribution in [1.29, 1.82) is 0 Å². The molecular formula is C13H23BrN4S. The lowest BCUT2D eigenvalue weighted by Gasteiger charge is -2.38. The summed E-state index contributed by atoms with van der Waals surface area (Å²) < 4.78 is 3.22. The van der Waals surface area contributed by atoms with Crippen molar-refractivity contribution in [2.24, 2.45) is 0 Å². The minimum Gasteiger partial charge on any atom is -0.310 e. The predicted octanol–water partition coefficient (Wildman–Crippen LogP) is 2.53. The fourth-order valence-corrected chi connectivity index (χ4v) is 4.41. The third-order valence-electron chi connectivity index (χ3n) is 3.71. The van der Waals surface area contributed by atoms with Crippen LogP contribution in [0.5, 0.6) is 0 Å². The molecule has 0 aromatic carbocycles. The van der Waals surface area contributed by atoms with E-state index < -0.39 is 0 Å². The Bertz CT molecular complexity index is 421. The maximum atomic E-state index is 4.51. The van der Waals surface area contributed by atoms with Crippen molar-refractivity contribution in [1.82, 2.24) is 20.0 Å². The SMILES string of the molecule is CNC(c1c(Br)cnn1C(C)C)C1CSCCN1C. The molecule has 1 aliphatic heterocycles. The predicted molar refractivity (Wildman–Crippen MR) is 85.9 cm³/mol. The van der Waals surface area contributed by atoms with Crippen LogP contribution in [0.1, 0.15) is 31.6 Å². The summed E-state index contributed by atoms with van der Waals surface area (Å²) in [4.78, 5) is 2.46. The van der Waals surface area contributed by atoms with Gasteiger partial charge in [0.25, 0.3) is 0 Å². The molecule has 0 radical (unpaired) electrons. The van der Waals surface area contributed by atoms with E-state index in [1.165, 1.54) is 11.4 Å². The van der Waals surface area contributed by atoms with Gasteiger partial charge < -0.3 is 5.32 Å². The summed E-state index contributed by atoms with van der Waals surface area (Å²) in [5.41, 5.74) is 1.26. The van der Waals surface area contributed by atoms with E-state index in [2.05, 4.69) is 56.8 Å². The average Bonchev–Trinajstić information content (AvgIpc) is 2.75. The summed E-state index contributed by atoms with van der Waals surface area (Å²) in [6.07, 6.45) is 1.91. The molecule has 0 spiro atoms. The second-order valence-electron chi connectivity index (χ2n) is 5.31. The lowest BCUT2D eigenvalue weighted by atomic mass is 10.0. The monoisotopic (exact) mass is 346 g/mol. The molecule has 2 rings (SSSR count). The van der Waals surface area contributed by atoms with Crippen molar-refractivity contribution in [3.8, 4) is 0 Å². The minimum absolute atomic E-state index is 0.303. The molecule has 2 unspecified atom stereocenters. The molecule has 108 valence electrons. The Labute approximate surface area is 128 Å². The molecule has 1 fully saturated rings. The smallest absolute Gasteiger partial charge is 0.0714 e. The van der Waals surface area contributed by atoms with Gasteiger partial charge in [-0.3, -0.25) is 9.58 Å². The van der Waals surface area contributed by atoms with Crippen LogP contribution in [0.3, 0.4) is 0 Å². The molecule has 2 atom stereocenters. The van der Waals surface area contributed by atoms with Crippen LogP contribution in [0.25, 0.3) is 0 Å². The summed E-state index contributed by atoms with van der Waals surface area (Å²) in [7, 11) is 4.26. The molecule has 6 heteroatoms. The number of rotatable bonds is 4. The number of likely N-dealkylation sites (N-methyl/N-ethyl adjacent to an activating group) is 2. The first-order valence-corrected chi connectivity index (χ1v) is 8.69. The van der Waals surface area contributed by atoms with Gasteiger partial charge in [0.2, 0.25) is 0 Å². The Morgan fingerprint density at radius 1 is 1.53 bits per heavy atom. The average molecular weight is 347 g/mol. The van der Waals surface area contributed by atoms with Gasteiger partial charge in [0.15, 0.2) is 0 Å². The Morgan fingerprint density at radius 3 is 2.84 bits per heavy atom. The van der Waals surface area contributed by atoms with E-state index in [4.69, 9.17) is 0 Å². The molecule has 0 aliphatic carbocycles. The van der Waals surface area contributed by atoms with Crippen LogP contribution in [-0.4, -0.2) is 52.9 Å². The quantitative estimate of drug-likeness (QED) is 0.908. The van der Waals surface area contributed by atoms with Gasteiger partial charge in [0, 0.05) is 30.1 Å². The lowest BCUT2D eigenvalue weighted by molar-refractivity contribution is 0.213. The lowest BCUT2D eigenvalue weighted by Crippen LogP contribution is -2.47. The first-order valence-electron chi connectivity index (χ1n) is 6.74. The van der Waals surface area contributed by atoms with Crippen molar-refractivity contribution in [2.75, 3.05) is 32.1 Å². The first kappa shape index (κ1) is 15.4. The van der Waals surface area contributed by atoms with Gasteiger partial charge in [-0.05, 0) is 43.9 Å². The molecule has 1 saturated heterocycles. The molecule has 2 heterocycles. The number of halogens is 1. The number of hydrogen-bond acceptors (Lipinski definition) is 4. The zero-order valence-electron chi connectivity index (χ0n) is 12.1. The molecule has 0 amide bonds. The van der Waals surface area contributed by atoms with Crippen molar-refractivity contribution >= 4 is 27.7 Å². The number of nitrogens with one attached hydrogen (secondary N) is 1. The van der Waals surface area contributed by atoms with E-state index in [1.807, 2.05) is 25.0 Å². The molecule has 1 aromatic heterocycles. The fraction of sp³-hybridized carbons (Fsp3) is 0.769. The van der Waals surface area contributed by atoms with E-state index in [0.717, 1.165) is 16.8 Å². The first-order chi connectivity index (χ1) is 9.06. The van der Waals surface area contributed by atoms with Crippen LogP contribution in [0.4, 0.5) is 0 Å². The number of thioether (sulfide) groups is 1. The zero-order chi connectivity index (χ0) is 14.0. The number of nitrogens with zero attached hydrogens (tertiary/aromatic N) is 3. The molecule has 1 aromatic rings. The van der Waals surface area contributed by atoms with Gasteiger partial charge in [-0.15, -0.1) is 0 Å². The normalized spacial score (nSPS) is 22.9. The van der Waals surface area contributed by atoms with Crippen LogP contribution in [0.15, 0.2) is 10.7 Å². The molecule has 0 bridgehead atoms. The number of hydrogen-bond donors (Lipinski definition) is 1. The van der Waals surface area contributed by atoms with Crippen molar-refractivity contribution in [3.63, 3.8) is 0 Å². The van der Waals surface area contributed by atoms with Gasteiger partial charge in [0.1, 0.15) is 0 Å². The summed E-state index contributed by atoms with van der Waals surface area (Å²) in [6.45, 7) is 5.50. The molecule has 1 aliphatic rings. The van der Waals surface area contributed by atoms with Gasteiger partial charge in [-0.1, -0.05) is 0 Å². The van der Waals surface area contributed by atoms with E-state index in [0.29, 0.717) is 18.1 Å². The fourth-order valence-electron chi connectivity index (χ4n) is 2.62.